The van der Waals surface area contributed by atoms with Gasteiger partial charge in [-0.2, -0.15) is 0 Å². The van der Waals surface area contributed by atoms with Gasteiger partial charge in [-0.05, 0) is 61.9 Å². The van der Waals surface area contributed by atoms with Crippen molar-refractivity contribution in [1.82, 2.24) is 5.32 Å². The summed E-state index contributed by atoms with van der Waals surface area (Å²) >= 11 is 0. The average Bonchev–Trinajstić information content (AvgIpc) is 2.70. The van der Waals surface area contributed by atoms with Crippen molar-refractivity contribution in [3.05, 3.63) is 59.7 Å². The summed E-state index contributed by atoms with van der Waals surface area (Å²) in [5.41, 5.74) is 1.72. The first-order valence-electron chi connectivity index (χ1n) is 9.14. The van der Waals surface area contributed by atoms with E-state index >= 15 is 0 Å². The summed E-state index contributed by atoms with van der Waals surface area (Å²) in [5, 5.41) is 5.63. The van der Waals surface area contributed by atoms with E-state index in [9.17, 15) is 9.59 Å². The Morgan fingerprint density at radius 3 is 2.11 bits per heavy atom. The number of hydrogen-bond donors (Lipinski definition) is 2. The second-order valence-corrected chi connectivity index (χ2v) is 5.86. The van der Waals surface area contributed by atoms with Gasteiger partial charge in [0.1, 0.15) is 12.4 Å². The van der Waals surface area contributed by atoms with Crippen molar-refractivity contribution in [2.24, 2.45) is 0 Å². The molecular weight excluding hydrogens is 344 g/mol. The smallest absolute Gasteiger partial charge is 0.255 e. The second kappa shape index (κ2) is 11.0. The molecule has 0 bridgehead atoms. The van der Waals surface area contributed by atoms with E-state index in [0.29, 0.717) is 48.9 Å². The summed E-state index contributed by atoms with van der Waals surface area (Å²) in [7, 11) is 0. The van der Waals surface area contributed by atoms with E-state index in [2.05, 4.69) is 10.6 Å². The third-order valence-corrected chi connectivity index (χ3v) is 3.76. The van der Waals surface area contributed by atoms with Gasteiger partial charge in [-0.3, -0.25) is 9.59 Å². The predicted octanol–water partition coefficient (Wildman–Crippen LogP) is 3.49. The molecule has 0 saturated carbocycles. The monoisotopic (exact) mass is 370 g/mol. The van der Waals surface area contributed by atoms with Crippen molar-refractivity contribution >= 4 is 17.5 Å². The summed E-state index contributed by atoms with van der Waals surface area (Å²) in [4.78, 5) is 24.2. The fourth-order valence-electron chi connectivity index (χ4n) is 2.31. The molecule has 0 aliphatic rings. The fraction of sp³-hybridized carbons (Fsp3) is 0.333. The van der Waals surface area contributed by atoms with Crippen LogP contribution in [0.4, 0.5) is 5.69 Å². The van der Waals surface area contributed by atoms with E-state index in [4.69, 9.17) is 9.47 Å². The number of ether oxygens (including phenoxy) is 2. The highest BCUT2D eigenvalue weighted by Crippen LogP contribution is 2.15. The average molecular weight is 370 g/mol. The molecule has 2 aromatic carbocycles. The Morgan fingerprint density at radius 2 is 1.48 bits per heavy atom. The Balaban J connectivity index is 1.88. The van der Waals surface area contributed by atoms with Crippen LogP contribution in [0.5, 0.6) is 5.75 Å². The first kappa shape index (κ1) is 20.5. The SMILES string of the molecule is CCCNC(=O)c1ccc(NC(=O)c2ccc(OCCOCC)cc2)cc1. The summed E-state index contributed by atoms with van der Waals surface area (Å²) in [5.74, 6) is 0.349. The molecule has 2 amide bonds. The van der Waals surface area contributed by atoms with Gasteiger partial charge in [0, 0.05) is 30.0 Å². The third kappa shape index (κ3) is 6.75. The summed E-state index contributed by atoms with van der Waals surface area (Å²) in [6.07, 6.45) is 0.885. The largest absolute Gasteiger partial charge is 0.491 e. The maximum absolute atomic E-state index is 12.3. The van der Waals surface area contributed by atoms with E-state index in [1.807, 2.05) is 13.8 Å². The van der Waals surface area contributed by atoms with Crippen molar-refractivity contribution in [3.8, 4) is 5.75 Å². The van der Waals surface area contributed by atoms with Gasteiger partial charge in [0.15, 0.2) is 0 Å². The van der Waals surface area contributed by atoms with Gasteiger partial charge in [0.2, 0.25) is 0 Å². The number of benzene rings is 2. The lowest BCUT2D eigenvalue weighted by atomic mass is 10.1. The Labute approximate surface area is 159 Å². The van der Waals surface area contributed by atoms with Gasteiger partial charge in [-0.15, -0.1) is 0 Å². The molecule has 0 radical (unpaired) electrons. The van der Waals surface area contributed by atoms with Gasteiger partial charge >= 0.3 is 0 Å². The van der Waals surface area contributed by atoms with E-state index in [0.717, 1.165) is 6.42 Å². The van der Waals surface area contributed by atoms with Crippen LogP contribution < -0.4 is 15.4 Å². The number of rotatable bonds is 10. The van der Waals surface area contributed by atoms with Crippen LogP contribution in [-0.2, 0) is 4.74 Å². The summed E-state index contributed by atoms with van der Waals surface area (Å²) in [6.45, 7) is 6.24. The molecule has 0 atom stereocenters. The van der Waals surface area contributed by atoms with Crippen molar-refractivity contribution in [3.63, 3.8) is 0 Å². The quantitative estimate of drug-likeness (QED) is 0.628. The maximum Gasteiger partial charge on any atom is 0.255 e. The van der Waals surface area contributed by atoms with Crippen LogP contribution in [0.1, 0.15) is 41.0 Å². The van der Waals surface area contributed by atoms with Crippen LogP contribution in [0.15, 0.2) is 48.5 Å². The molecule has 27 heavy (non-hydrogen) atoms. The third-order valence-electron chi connectivity index (χ3n) is 3.76. The molecule has 2 aromatic rings. The molecule has 0 spiro atoms. The van der Waals surface area contributed by atoms with Crippen LogP contribution in [-0.4, -0.2) is 38.2 Å². The Kier molecular flexibility index (Phi) is 8.32. The molecule has 0 aliphatic carbocycles. The zero-order chi connectivity index (χ0) is 19.5. The first-order valence-corrected chi connectivity index (χ1v) is 9.14. The van der Waals surface area contributed by atoms with E-state index < -0.39 is 0 Å². The molecule has 0 aromatic heterocycles. The van der Waals surface area contributed by atoms with Crippen LogP contribution in [0.25, 0.3) is 0 Å². The highest BCUT2D eigenvalue weighted by atomic mass is 16.5. The predicted molar refractivity (Wildman–Crippen MR) is 105 cm³/mol. The number of amides is 2. The molecule has 0 saturated heterocycles. The molecule has 2 N–H and O–H groups in total. The van der Waals surface area contributed by atoms with Crippen LogP contribution in [0.2, 0.25) is 0 Å². The van der Waals surface area contributed by atoms with Gasteiger partial charge in [-0.1, -0.05) is 6.92 Å². The standard InChI is InChI=1S/C21H26N2O4/c1-3-13-22-20(24)16-5-9-18(10-6-16)23-21(25)17-7-11-19(12-8-17)27-15-14-26-4-2/h5-12H,3-4,13-15H2,1-2H3,(H,22,24)(H,23,25). The molecule has 6 nitrogen and oxygen atoms in total. The van der Waals surface area contributed by atoms with Crippen molar-refractivity contribution in [2.45, 2.75) is 20.3 Å². The lowest BCUT2D eigenvalue weighted by Gasteiger charge is -2.09. The minimum absolute atomic E-state index is 0.116. The fourth-order valence-corrected chi connectivity index (χ4v) is 2.31. The summed E-state index contributed by atoms with van der Waals surface area (Å²) < 4.78 is 10.7. The zero-order valence-corrected chi connectivity index (χ0v) is 15.8. The molecule has 0 unspecified atom stereocenters. The molecule has 0 aliphatic heterocycles. The number of carbonyl (C=O) groups excluding carboxylic acids is 2. The molecule has 0 fully saturated rings. The Bertz CT molecular complexity index is 727. The second-order valence-electron chi connectivity index (χ2n) is 5.86. The number of hydrogen-bond acceptors (Lipinski definition) is 4. The minimum atomic E-state index is -0.223. The highest BCUT2D eigenvalue weighted by Gasteiger charge is 2.08. The number of carbonyl (C=O) groups is 2. The molecule has 0 heterocycles. The lowest BCUT2D eigenvalue weighted by Crippen LogP contribution is -2.23. The minimum Gasteiger partial charge on any atom is -0.491 e. The van der Waals surface area contributed by atoms with Gasteiger partial charge in [0.25, 0.3) is 11.8 Å². The summed E-state index contributed by atoms with van der Waals surface area (Å²) in [6, 6.07) is 13.7. The normalized spacial score (nSPS) is 10.3. The zero-order valence-electron chi connectivity index (χ0n) is 15.8. The lowest BCUT2D eigenvalue weighted by molar-refractivity contribution is 0.0953. The van der Waals surface area contributed by atoms with Crippen molar-refractivity contribution in [1.29, 1.82) is 0 Å². The van der Waals surface area contributed by atoms with Gasteiger partial charge in [-0.25, -0.2) is 0 Å². The van der Waals surface area contributed by atoms with Crippen LogP contribution >= 0.6 is 0 Å². The van der Waals surface area contributed by atoms with Gasteiger partial charge in [0.05, 0.1) is 6.61 Å². The molecule has 6 heteroatoms. The Morgan fingerprint density at radius 1 is 0.852 bits per heavy atom. The van der Waals surface area contributed by atoms with Crippen LogP contribution in [0.3, 0.4) is 0 Å². The van der Waals surface area contributed by atoms with E-state index in [1.54, 1.807) is 48.5 Å². The Hall–Kier alpha value is -2.86. The van der Waals surface area contributed by atoms with Gasteiger partial charge < -0.3 is 20.1 Å². The van der Waals surface area contributed by atoms with Crippen molar-refractivity contribution in [2.75, 3.05) is 31.7 Å². The number of anilines is 1. The van der Waals surface area contributed by atoms with E-state index in [1.165, 1.54) is 0 Å². The number of nitrogens with one attached hydrogen (secondary N) is 2. The molecule has 2 rings (SSSR count). The molecular formula is C21H26N2O4. The highest BCUT2D eigenvalue weighted by molar-refractivity contribution is 6.04. The topological polar surface area (TPSA) is 76.7 Å². The first-order chi connectivity index (χ1) is 13.1. The molecule has 144 valence electrons. The van der Waals surface area contributed by atoms with Crippen LogP contribution in [0, 0.1) is 0 Å². The van der Waals surface area contributed by atoms with E-state index in [-0.39, 0.29) is 11.8 Å². The maximum atomic E-state index is 12.3. The van der Waals surface area contributed by atoms with Crippen molar-refractivity contribution < 1.29 is 19.1 Å².